The molecule has 1 amide bonds. The highest BCUT2D eigenvalue weighted by Crippen LogP contribution is 2.21. The number of aromatic nitrogens is 2. The molecule has 1 atom stereocenters. The Morgan fingerprint density at radius 1 is 1.53 bits per heavy atom. The van der Waals surface area contributed by atoms with Crippen molar-refractivity contribution in [2.45, 2.75) is 38.6 Å². The largest absolute Gasteiger partial charge is 0.340 e. The van der Waals surface area contributed by atoms with Crippen molar-refractivity contribution < 1.29 is 4.79 Å². The molecule has 0 saturated carbocycles. The van der Waals surface area contributed by atoms with E-state index in [1.807, 2.05) is 4.90 Å². The molecule has 1 fully saturated rings. The molecule has 0 aromatic carbocycles. The molecule has 0 spiro atoms. The molecule has 1 aliphatic rings. The Morgan fingerprint density at radius 2 is 2.35 bits per heavy atom. The summed E-state index contributed by atoms with van der Waals surface area (Å²) in [5.41, 5.74) is 0.989. The van der Waals surface area contributed by atoms with Gasteiger partial charge >= 0.3 is 0 Å². The van der Waals surface area contributed by atoms with E-state index in [0.717, 1.165) is 42.5 Å². The van der Waals surface area contributed by atoms with Crippen molar-refractivity contribution >= 4 is 21.8 Å². The van der Waals surface area contributed by atoms with E-state index in [0.29, 0.717) is 6.04 Å². The first-order valence-electron chi connectivity index (χ1n) is 5.90. The van der Waals surface area contributed by atoms with Crippen LogP contribution in [0.2, 0.25) is 0 Å². The number of nitrogens with zero attached hydrogens (tertiary/aromatic N) is 3. The summed E-state index contributed by atoms with van der Waals surface area (Å²) < 4.78 is 0.757. The molecule has 2 heterocycles. The van der Waals surface area contributed by atoms with Gasteiger partial charge in [0.1, 0.15) is 4.60 Å². The van der Waals surface area contributed by atoms with Gasteiger partial charge in [0.05, 0.1) is 11.9 Å². The first kappa shape index (κ1) is 12.5. The number of amides is 1. The van der Waals surface area contributed by atoms with Crippen LogP contribution in [0.1, 0.15) is 31.9 Å². The van der Waals surface area contributed by atoms with E-state index in [1.165, 1.54) is 0 Å². The normalized spacial score (nSPS) is 19.6. The number of likely N-dealkylation sites (tertiary alicyclic amines) is 1. The summed E-state index contributed by atoms with van der Waals surface area (Å²) in [7, 11) is 0. The van der Waals surface area contributed by atoms with E-state index in [4.69, 9.17) is 0 Å². The Bertz CT molecular complexity index is 393. The Morgan fingerprint density at radius 3 is 3.00 bits per heavy atom. The van der Waals surface area contributed by atoms with Crippen LogP contribution in [-0.2, 0) is 11.2 Å². The summed E-state index contributed by atoms with van der Waals surface area (Å²) in [6.45, 7) is 2.56. The summed E-state index contributed by atoms with van der Waals surface area (Å²) in [4.78, 5) is 21.8. The monoisotopic (exact) mass is 297 g/mol. The van der Waals surface area contributed by atoms with Gasteiger partial charge in [0, 0.05) is 25.7 Å². The standard InChI is InChI=1S/C12H16BrN3O/c1-9(17)16-6-2-3-11(16)5-4-10-7-15-12(13)8-14-10/h7-8,11H,2-6H2,1H3. The summed E-state index contributed by atoms with van der Waals surface area (Å²) in [6, 6.07) is 0.387. The van der Waals surface area contributed by atoms with Gasteiger partial charge in [-0.1, -0.05) is 0 Å². The lowest BCUT2D eigenvalue weighted by Gasteiger charge is -2.22. The van der Waals surface area contributed by atoms with Crippen molar-refractivity contribution in [3.8, 4) is 0 Å². The zero-order chi connectivity index (χ0) is 12.3. The van der Waals surface area contributed by atoms with Crippen molar-refractivity contribution in [2.24, 2.45) is 0 Å². The lowest BCUT2D eigenvalue weighted by molar-refractivity contribution is -0.129. The average molecular weight is 298 g/mol. The molecule has 1 aromatic rings. The highest BCUT2D eigenvalue weighted by atomic mass is 79.9. The van der Waals surface area contributed by atoms with Crippen LogP contribution in [0.5, 0.6) is 0 Å². The van der Waals surface area contributed by atoms with Crippen molar-refractivity contribution in [3.63, 3.8) is 0 Å². The number of halogens is 1. The second-order valence-corrected chi connectivity index (χ2v) is 5.19. The third-order valence-electron chi connectivity index (χ3n) is 3.19. The van der Waals surface area contributed by atoms with Crippen LogP contribution in [0.25, 0.3) is 0 Å². The number of hydrogen-bond acceptors (Lipinski definition) is 3. The fourth-order valence-electron chi connectivity index (χ4n) is 2.33. The van der Waals surface area contributed by atoms with Gasteiger partial charge in [-0.05, 0) is 41.6 Å². The molecule has 1 saturated heterocycles. The zero-order valence-corrected chi connectivity index (χ0v) is 11.5. The lowest BCUT2D eigenvalue weighted by Crippen LogP contribution is -2.33. The highest BCUT2D eigenvalue weighted by molar-refractivity contribution is 9.10. The van der Waals surface area contributed by atoms with E-state index in [2.05, 4.69) is 25.9 Å². The van der Waals surface area contributed by atoms with Crippen LogP contribution >= 0.6 is 15.9 Å². The Balaban J connectivity index is 1.89. The van der Waals surface area contributed by atoms with Gasteiger partial charge in [-0.3, -0.25) is 9.78 Å². The molecule has 4 nitrogen and oxygen atoms in total. The molecule has 1 aliphatic heterocycles. The van der Waals surface area contributed by atoms with Crippen LogP contribution in [-0.4, -0.2) is 33.4 Å². The third kappa shape index (κ3) is 3.25. The van der Waals surface area contributed by atoms with Crippen molar-refractivity contribution in [1.29, 1.82) is 0 Å². The maximum absolute atomic E-state index is 11.4. The second-order valence-electron chi connectivity index (χ2n) is 4.38. The fourth-order valence-corrected chi connectivity index (χ4v) is 2.54. The molecule has 2 rings (SSSR count). The van der Waals surface area contributed by atoms with Gasteiger partial charge in [-0.25, -0.2) is 4.98 Å². The lowest BCUT2D eigenvalue weighted by atomic mass is 10.1. The Labute approximate surface area is 110 Å². The number of carbonyl (C=O) groups is 1. The van der Waals surface area contributed by atoms with Crippen molar-refractivity contribution in [3.05, 3.63) is 22.7 Å². The van der Waals surface area contributed by atoms with E-state index in [1.54, 1.807) is 19.3 Å². The fraction of sp³-hybridized carbons (Fsp3) is 0.583. The molecular formula is C12H16BrN3O. The summed E-state index contributed by atoms with van der Waals surface area (Å²) >= 11 is 3.26. The summed E-state index contributed by atoms with van der Waals surface area (Å²) in [6.07, 6.45) is 7.61. The quantitative estimate of drug-likeness (QED) is 0.859. The van der Waals surface area contributed by atoms with Crippen LogP contribution in [0.4, 0.5) is 0 Å². The second kappa shape index (κ2) is 5.58. The van der Waals surface area contributed by atoms with E-state index in [-0.39, 0.29) is 5.91 Å². The summed E-state index contributed by atoms with van der Waals surface area (Å²) in [5, 5.41) is 0. The maximum Gasteiger partial charge on any atom is 0.219 e. The SMILES string of the molecule is CC(=O)N1CCCC1CCc1cnc(Br)cn1. The molecule has 1 unspecified atom stereocenters. The average Bonchev–Trinajstić information content (AvgIpc) is 2.76. The minimum absolute atomic E-state index is 0.189. The smallest absolute Gasteiger partial charge is 0.219 e. The number of rotatable bonds is 3. The van der Waals surface area contributed by atoms with E-state index < -0.39 is 0 Å². The first-order valence-corrected chi connectivity index (χ1v) is 6.70. The molecule has 0 radical (unpaired) electrons. The first-order chi connectivity index (χ1) is 8.16. The van der Waals surface area contributed by atoms with Crippen molar-refractivity contribution in [1.82, 2.24) is 14.9 Å². The molecule has 17 heavy (non-hydrogen) atoms. The third-order valence-corrected chi connectivity index (χ3v) is 3.60. The number of carbonyl (C=O) groups excluding carboxylic acids is 1. The zero-order valence-electron chi connectivity index (χ0n) is 9.90. The maximum atomic E-state index is 11.4. The molecule has 0 N–H and O–H groups in total. The molecule has 0 aliphatic carbocycles. The minimum Gasteiger partial charge on any atom is -0.340 e. The van der Waals surface area contributed by atoms with Gasteiger partial charge in [0.2, 0.25) is 5.91 Å². The van der Waals surface area contributed by atoms with Gasteiger partial charge in [0.15, 0.2) is 0 Å². The topological polar surface area (TPSA) is 46.1 Å². The van der Waals surface area contributed by atoms with Crippen LogP contribution in [0, 0.1) is 0 Å². The predicted octanol–water partition coefficient (Wildman–Crippen LogP) is 2.18. The van der Waals surface area contributed by atoms with Gasteiger partial charge in [-0.2, -0.15) is 0 Å². The number of aryl methyl sites for hydroxylation is 1. The minimum atomic E-state index is 0.189. The van der Waals surface area contributed by atoms with E-state index in [9.17, 15) is 4.79 Å². The predicted molar refractivity (Wildman–Crippen MR) is 68.5 cm³/mol. The van der Waals surface area contributed by atoms with Gasteiger partial charge in [0.25, 0.3) is 0 Å². The Hall–Kier alpha value is -0.970. The van der Waals surface area contributed by atoms with E-state index >= 15 is 0 Å². The van der Waals surface area contributed by atoms with Gasteiger partial charge < -0.3 is 4.90 Å². The van der Waals surface area contributed by atoms with Crippen LogP contribution < -0.4 is 0 Å². The summed E-state index contributed by atoms with van der Waals surface area (Å²) in [5.74, 6) is 0.189. The molecular weight excluding hydrogens is 282 g/mol. The molecule has 92 valence electrons. The van der Waals surface area contributed by atoms with Crippen molar-refractivity contribution in [2.75, 3.05) is 6.54 Å². The number of hydrogen-bond donors (Lipinski definition) is 0. The molecule has 1 aromatic heterocycles. The van der Waals surface area contributed by atoms with Crippen LogP contribution in [0.3, 0.4) is 0 Å². The van der Waals surface area contributed by atoms with Gasteiger partial charge in [-0.15, -0.1) is 0 Å². The Kier molecular flexibility index (Phi) is 4.10. The molecule has 0 bridgehead atoms. The highest BCUT2D eigenvalue weighted by Gasteiger charge is 2.25. The molecule has 5 heteroatoms. The van der Waals surface area contributed by atoms with Crippen LogP contribution in [0.15, 0.2) is 17.0 Å².